The Balaban J connectivity index is 1.57. The van der Waals surface area contributed by atoms with Gasteiger partial charge in [-0.2, -0.15) is 0 Å². The van der Waals surface area contributed by atoms with Gasteiger partial charge in [0.05, 0.1) is 6.42 Å². The largest absolute Gasteiger partial charge is 0.481 e. The van der Waals surface area contributed by atoms with Crippen LogP contribution in [0.1, 0.15) is 32.1 Å². The van der Waals surface area contributed by atoms with Gasteiger partial charge >= 0.3 is 12.0 Å². The molecule has 0 spiro atoms. The zero-order valence-electron chi connectivity index (χ0n) is 12.2. The van der Waals surface area contributed by atoms with E-state index < -0.39 is 5.97 Å². The molecule has 3 amide bonds. The summed E-state index contributed by atoms with van der Waals surface area (Å²) in [5.74, 6) is -0.669. The molecular weight excluding hydrogens is 274 g/mol. The molecule has 0 aromatic rings. The van der Waals surface area contributed by atoms with Crippen LogP contribution in [0.2, 0.25) is 0 Å². The molecule has 0 bridgehead atoms. The van der Waals surface area contributed by atoms with Crippen LogP contribution in [0.3, 0.4) is 0 Å². The van der Waals surface area contributed by atoms with Gasteiger partial charge in [-0.3, -0.25) is 9.59 Å². The maximum Gasteiger partial charge on any atom is 0.317 e. The maximum atomic E-state index is 11.9. The molecule has 2 rings (SSSR count). The summed E-state index contributed by atoms with van der Waals surface area (Å²) in [6.45, 7) is 2.97. The summed E-state index contributed by atoms with van der Waals surface area (Å²) in [7, 11) is 0. The van der Waals surface area contributed by atoms with Gasteiger partial charge in [0.15, 0.2) is 0 Å². The third-order valence-corrected chi connectivity index (χ3v) is 4.03. The first-order valence-electron chi connectivity index (χ1n) is 7.58. The maximum absolute atomic E-state index is 11.9. The monoisotopic (exact) mass is 297 g/mol. The van der Waals surface area contributed by atoms with Gasteiger partial charge in [-0.25, -0.2) is 4.79 Å². The van der Waals surface area contributed by atoms with Crippen molar-refractivity contribution in [2.24, 2.45) is 5.92 Å². The van der Waals surface area contributed by atoms with E-state index in [4.69, 9.17) is 5.11 Å². The number of piperidine rings is 1. The van der Waals surface area contributed by atoms with Crippen molar-refractivity contribution in [2.75, 3.05) is 32.7 Å². The van der Waals surface area contributed by atoms with Gasteiger partial charge < -0.3 is 20.2 Å². The van der Waals surface area contributed by atoms with Crippen LogP contribution >= 0.6 is 0 Å². The molecule has 0 radical (unpaired) electrons. The topological polar surface area (TPSA) is 90.0 Å². The highest BCUT2D eigenvalue weighted by molar-refractivity contribution is 5.79. The lowest BCUT2D eigenvalue weighted by atomic mass is 9.97. The Kier molecular flexibility index (Phi) is 5.41. The minimum Gasteiger partial charge on any atom is -0.481 e. The number of nitrogens with zero attached hydrogens (tertiary/aromatic N) is 2. The molecule has 0 aliphatic carbocycles. The van der Waals surface area contributed by atoms with E-state index in [2.05, 4.69) is 5.32 Å². The fourth-order valence-electron chi connectivity index (χ4n) is 2.80. The van der Waals surface area contributed by atoms with Gasteiger partial charge in [0.25, 0.3) is 0 Å². The Hall–Kier alpha value is -1.79. The van der Waals surface area contributed by atoms with Crippen molar-refractivity contribution in [3.63, 3.8) is 0 Å². The number of rotatable bonds is 5. The molecule has 2 fully saturated rings. The second kappa shape index (κ2) is 7.28. The number of hydrogen-bond donors (Lipinski definition) is 2. The number of carbonyl (C=O) groups excluding carboxylic acids is 2. The first kappa shape index (κ1) is 15.6. The number of carboxylic acid groups (broad SMARTS) is 1. The molecule has 0 aromatic carbocycles. The summed E-state index contributed by atoms with van der Waals surface area (Å²) >= 11 is 0. The van der Waals surface area contributed by atoms with Crippen LogP contribution in [0, 0.1) is 5.92 Å². The summed E-state index contributed by atoms with van der Waals surface area (Å²) in [4.78, 5) is 37.6. The molecule has 2 aliphatic heterocycles. The van der Waals surface area contributed by atoms with Crippen molar-refractivity contribution in [1.29, 1.82) is 0 Å². The van der Waals surface area contributed by atoms with Crippen molar-refractivity contribution in [1.82, 2.24) is 15.1 Å². The van der Waals surface area contributed by atoms with Gasteiger partial charge in [0.1, 0.15) is 0 Å². The standard InChI is InChI=1S/C14H23N3O4/c18-12(16-6-2-1-3-7-16)4-5-15-14(21)17-9-11(10-17)8-13(19)20/h11H,1-10H2,(H,15,21)(H,19,20). The average molecular weight is 297 g/mol. The molecule has 7 nitrogen and oxygen atoms in total. The van der Waals surface area contributed by atoms with E-state index in [0.29, 0.717) is 26.1 Å². The summed E-state index contributed by atoms with van der Waals surface area (Å²) in [6, 6.07) is -0.205. The van der Waals surface area contributed by atoms with Crippen LogP contribution in [0.4, 0.5) is 4.79 Å². The number of carbonyl (C=O) groups is 3. The Morgan fingerprint density at radius 1 is 1.05 bits per heavy atom. The first-order valence-corrected chi connectivity index (χ1v) is 7.58. The normalized spacial score (nSPS) is 19.0. The Morgan fingerprint density at radius 2 is 1.71 bits per heavy atom. The lowest BCUT2D eigenvalue weighted by Gasteiger charge is -2.38. The summed E-state index contributed by atoms with van der Waals surface area (Å²) in [5, 5.41) is 11.4. The summed E-state index contributed by atoms with van der Waals surface area (Å²) in [5.41, 5.74) is 0. The van der Waals surface area contributed by atoms with E-state index in [1.165, 1.54) is 6.42 Å². The van der Waals surface area contributed by atoms with Crippen LogP contribution < -0.4 is 5.32 Å². The number of nitrogens with one attached hydrogen (secondary N) is 1. The molecule has 0 saturated carbocycles. The number of urea groups is 1. The van der Waals surface area contributed by atoms with E-state index in [1.54, 1.807) is 4.90 Å². The molecule has 2 aliphatic rings. The van der Waals surface area contributed by atoms with Gasteiger partial charge in [-0.15, -0.1) is 0 Å². The highest BCUT2D eigenvalue weighted by Crippen LogP contribution is 2.18. The van der Waals surface area contributed by atoms with Gasteiger partial charge in [0.2, 0.25) is 5.91 Å². The van der Waals surface area contributed by atoms with Crippen molar-refractivity contribution in [3.8, 4) is 0 Å². The third-order valence-electron chi connectivity index (χ3n) is 4.03. The molecule has 0 aromatic heterocycles. The Morgan fingerprint density at radius 3 is 2.33 bits per heavy atom. The Labute approximate surface area is 124 Å². The van der Waals surface area contributed by atoms with Crippen molar-refractivity contribution in [3.05, 3.63) is 0 Å². The first-order chi connectivity index (χ1) is 10.1. The fraction of sp³-hybridized carbons (Fsp3) is 0.786. The molecule has 2 N–H and O–H groups in total. The number of aliphatic carboxylic acids is 1. The zero-order valence-corrected chi connectivity index (χ0v) is 12.2. The molecule has 0 atom stereocenters. The van der Waals surface area contributed by atoms with Crippen LogP contribution in [0.25, 0.3) is 0 Å². The van der Waals surface area contributed by atoms with E-state index >= 15 is 0 Å². The second-order valence-corrected chi connectivity index (χ2v) is 5.79. The molecule has 0 unspecified atom stereocenters. The fourth-order valence-corrected chi connectivity index (χ4v) is 2.80. The van der Waals surface area contributed by atoms with Crippen LogP contribution in [-0.2, 0) is 9.59 Å². The quantitative estimate of drug-likeness (QED) is 0.773. The smallest absolute Gasteiger partial charge is 0.317 e. The molecule has 2 saturated heterocycles. The average Bonchev–Trinajstić information content (AvgIpc) is 2.42. The highest BCUT2D eigenvalue weighted by Gasteiger charge is 2.31. The number of amides is 3. The minimum atomic E-state index is -0.827. The molecule has 21 heavy (non-hydrogen) atoms. The van der Waals surface area contributed by atoms with Gasteiger partial charge in [-0.05, 0) is 19.3 Å². The van der Waals surface area contributed by atoms with Crippen LogP contribution in [0.5, 0.6) is 0 Å². The van der Waals surface area contributed by atoms with Crippen molar-refractivity contribution < 1.29 is 19.5 Å². The molecule has 2 heterocycles. The highest BCUT2D eigenvalue weighted by atomic mass is 16.4. The lowest BCUT2D eigenvalue weighted by Crippen LogP contribution is -2.54. The summed E-state index contributed by atoms with van der Waals surface area (Å²) in [6.07, 6.45) is 3.76. The van der Waals surface area contributed by atoms with E-state index in [-0.39, 0.29) is 24.3 Å². The molecule has 7 heteroatoms. The van der Waals surface area contributed by atoms with Crippen LogP contribution in [0.15, 0.2) is 0 Å². The number of hydrogen-bond acceptors (Lipinski definition) is 3. The second-order valence-electron chi connectivity index (χ2n) is 5.79. The lowest BCUT2D eigenvalue weighted by molar-refractivity contribution is -0.139. The summed E-state index contributed by atoms with van der Waals surface area (Å²) < 4.78 is 0. The number of likely N-dealkylation sites (tertiary alicyclic amines) is 2. The third kappa shape index (κ3) is 4.61. The number of carboxylic acids is 1. The molecule has 118 valence electrons. The zero-order chi connectivity index (χ0) is 15.2. The van der Waals surface area contributed by atoms with E-state index in [9.17, 15) is 14.4 Å². The minimum absolute atomic E-state index is 0.0585. The van der Waals surface area contributed by atoms with Crippen molar-refractivity contribution >= 4 is 17.9 Å². The predicted molar refractivity (Wildman–Crippen MR) is 75.8 cm³/mol. The van der Waals surface area contributed by atoms with Gasteiger partial charge in [-0.1, -0.05) is 0 Å². The van der Waals surface area contributed by atoms with E-state index in [0.717, 1.165) is 25.9 Å². The van der Waals surface area contributed by atoms with Crippen LogP contribution in [-0.4, -0.2) is 65.5 Å². The van der Waals surface area contributed by atoms with E-state index in [1.807, 2.05) is 4.90 Å². The van der Waals surface area contributed by atoms with Gasteiger partial charge in [0, 0.05) is 45.1 Å². The Bertz CT molecular complexity index is 401. The molecular formula is C14H23N3O4. The SMILES string of the molecule is O=C(O)CC1CN(C(=O)NCCC(=O)N2CCCCC2)C1. The predicted octanol–water partition coefficient (Wildman–Crippen LogP) is 0.505. The van der Waals surface area contributed by atoms with Crippen molar-refractivity contribution in [2.45, 2.75) is 32.1 Å².